The number of aryl methyl sites for hydroxylation is 1. The van der Waals surface area contributed by atoms with Crippen molar-refractivity contribution in [2.24, 2.45) is 0 Å². The molecule has 1 saturated heterocycles. The Morgan fingerprint density at radius 3 is 2.29 bits per heavy atom. The molecule has 1 heterocycles. The zero-order valence-electron chi connectivity index (χ0n) is 15.3. The van der Waals surface area contributed by atoms with E-state index in [4.69, 9.17) is 9.47 Å². The monoisotopic (exact) mass is 396 g/mol. The summed E-state index contributed by atoms with van der Waals surface area (Å²) in [6.45, 7) is 2.37. The van der Waals surface area contributed by atoms with Crippen LogP contribution >= 0.6 is 0 Å². The van der Waals surface area contributed by atoms with Gasteiger partial charge >= 0.3 is 0 Å². The first kappa shape index (κ1) is 20.6. The van der Waals surface area contributed by atoms with Crippen molar-refractivity contribution in [3.8, 4) is 16.9 Å². The highest BCUT2D eigenvalue weighted by Gasteiger charge is 2.53. The number of ether oxygens (including phenoxy) is 2. The Balaban J connectivity index is 1.86. The van der Waals surface area contributed by atoms with Gasteiger partial charge in [0, 0.05) is 6.07 Å². The molecule has 152 valence electrons. The summed E-state index contributed by atoms with van der Waals surface area (Å²) < 4.78 is 38.0. The van der Waals surface area contributed by atoms with E-state index in [1.54, 1.807) is 19.1 Å². The minimum atomic E-state index is -1.94. The third-order valence-electron chi connectivity index (χ3n) is 4.86. The third kappa shape index (κ3) is 3.87. The number of benzene rings is 2. The molecule has 1 aliphatic rings. The van der Waals surface area contributed by atoms with E-state index >= 15 is 0 Å². The molecule has 2 aromatic carbocycles. The van der Waals surface area contributed by atoms with Crippen LogP contribution in [-0.4, -0.2) is 57.2 Å². The van der Waals surface area contributed by atoms with Crippen molar-refractivity contribution in [1.29, 1.82) is 0 Å². The Labute approximate surface area is 160 Å². The van der Waals surface area contributed by atoms with Crippen molar-refractivity contribution in [2.75, 3.05) is 6.61 Å². The Morgan fingerprint density at radius 1 is 1.07 bits per heavy atom. The molecule has 0 saturated carbocycles. The number of aliphatic hydroxyl groups excluding tert-OH is 3. The third-order valence-corrected chi connectivity index (χ3v) is 4.86. The van der Waals surface area contributed by atoms with Crippen LogP contribution in [0.25, 0.3) is 11.1 Å². The van der Waals surface area contributed by atoms with Crippen molar-refractivity contribution in [3.05, 3.63) is 53.6 Å². The maximum atomic E-state index is 13.5. The summed E-state index contributed by atoms with van der Waals surface area (Å²) in [5.41, 5.74) is -0.444. The fourth-order valence-electron chi connectivity index (χ4n) is 3.16. The van der Waals surface area contributed by atoms with Gasteiger partial charge in [-0.15, -0.1) is 0 Å². The molecule has 0 aromatic heterocycles. The summed E-state index contributed by atoms with van der Waals surface area (Å²) in [7, 11) is 0. The molecule has 8 heteroatoms. The fourth-order valence-corrected chi connectivity index (χ4v) is 3.16. The van der Waals surface area contributed by atoms with Gasteiger partial charge in [-0.1, -0.05) is 6.07 Å². The summed E-state index contributed by atoms with van der Waals surface area (Å²) in [6, 6.07) is 7.97. The van der Waals surface area contributed by atoms with Crippen molar-refractivity contribution in [1.82, 2.24) is 0 Å². The van der Waals surface area contributed by atoms with E-state index in [1.807, 2.05) is 0 Å². The average molecular weight is 396 g/mol. The van der Waals surface area contributed by atoms with Crippen LogP contribution < -0.4 is 4.74 Å². The molecule has 28 heavy (non-hydrogen) atoms. The van der Waals surface area contributed by atoms with E-state index in [0.717, 1.165) is 6.07 Å². The van der Waals surface area contributed by atoms with Gasteiger partial charge in [0.1, 0.15) is 35.7 Å². The number of hydrogen-bond donors (Lipinski definition) is 4. The van der Waals surface area contributed by atoms with Crippen LogP contribution in [-0.2, 0) is 4.74 Å². The fraction of sp³-hybridized carbons (Fsp3) is 0.400. The van der Waals surface area contributed by atoms with Gasteiger partial charge in [0.2, 0.25) is 6.29 Å². The molecule has 2 aromatic rings. The van der Waals surface area contributed by atoms with Crippen LogP contribution in [0.2, 0.25) is 0 Å². The molecule has 4 N–H and O–H groups in total. The minimum absolute atomic E-state index is 0.297. The van der Waals surface area contributed by atoms with Gasteiger partial charge in [0.25, 0.3) is 0 Å². The van der Waals surface area contributed by atoms with E-state index in [1.165, 1.54) is 25.1 Å². The van der Waals surface area contributed by atoms with Crippen molar-refractivity contribution >= 4 is 0 Å². The highest BCUT2D eigenvalue weighted by Crippen LogP contribution is 2.34. The van der Waals surface area contributed by atoms with E-state index < -0.39 is 48.4 Å². The van der Waals surface area contributed by atoms with Crippen LogP contribution in [0.4, 0.5) is 8.78 Å². The maximum Gasteiger partial charge on any atom is 0.231 e. The lowest BCUT2D eigenvalue weighted by Gasteiger charge is -2.45. The standard InChI is InChI=1S/C20H22F2O6/c1-10-5-11(12-6-13(21)8-14(22)7-12)3-4-15(10)27-19-20(2,26)18(25)17(24)16(9-23)28-19/h3-8,16-19,23-26H,9H2,1-2H3/t16-,17-,18+,19+,20+/m1/s1. The Bertz CT molecular complexity index is 836. The molecule has 0 radical (unpaired) electrons. The molecule has 0 unspecified atom stereocenters. The molecule has 0 amide bonds. The lowest BCUT2D eigenvalue weighted by atomic mass is 9.88. The quantitative estimate of drug-likeness (QED) is 0.625. The second-order valence-corrected chi connectivity index (χ2v) is 7.11. The molecular weight excluding hydrogens is 374 g/mol. The predicted molar refractivity (Wildman–Crippen MR) is 95.5 cm³/mol. The van der Waals surface area contributed by atoms with E-state index in [0.29, 0.717) is 22.4 Å². The lowest BCUT2D eigenvalue weighted by molar-refractivity contribution is -0.314. The Morgan fingerprint density at radius 2 is 1.71 bits per heavy atom. The van der Waals surface area contributed by atoms with E-state index in [2.05, 4.69) is 0 Å². The zero-order valence-corrected chi connectivity index (χ0v) is 15.3. The van der Waals surface area contributed by atoms with Gasteiger partial charge in [-0.05, 0) is 54.8 Å². The topological polar surface area (TPSA) is 99.4 Å². The van der Waals surface area contributed by atoms with Gasteiger partial charge < -0.3 is 29.9 Å². The highest BCUT2D eigenvalue weighted by molar-refractivity contribution is 5.65. The first-order valence-electron chi connectivity index (χ1n) is 8.72. The van der Waals surface area contributed by atoms with Gasteiger partial charge in [-0.3, -0.25) is 0 Å². The van der Waals surface area contributed by atoms with Crippen molar-refractivity contribution in [3.63, 3.8) is 0 Å². The Kier molecular flexibility index (Phi) is 5.69. The number of rotatable bonds is 4. The van der Waals surface area contributed by atoms with Gasteiger partial charge in [-0.25, -0.2) is 8.78 Å². The Hall–Kier alpha value is -2.10. The van der Waals surface area contributed by atoms with Gasteiger partial charge in [0.05, 0.1) is 6.61 Å². The lowest BCUT2D eigenvalue weighted by Crippen LogP contribution is -2.66. The average Bonchev–Trinajstić information content (AvgIpc) is 2.63. The van der Waals surface area contributed by atoms with Gasteiger partial charge in [-0.2, -0.15) is 0 Å². The van der Waals surface area contributed by atoms with Crippen LogP contribution in [0.3, 0.4) is 0 Å². The molecule has 5 atom stereocenters. The number of hydrogen-bond acceptors (Lipinski definition) is 6. The molecule has 1 aliphatic heterocycles. The van der Waals surface area contributed by atoms with E-state index in [9.17, 15) is 29.2 Å². The summed E-state index contributed by atoms with van der Waals surface area (Å²) >= 11 is 0. The summed E-state index contributed by atoms with van der Waals surface area (Å²) in [5.74, 6) is -1.09. The molecule has 6 nitrogen and oxygen atoms in total. The summed E-state index contributed by atoms with van der Waals surface area (Å²) in [6.07, 6.45) is -5.57. The minimum Gasteiger partial charge on any atom is -0.461 e. The summed E-state index contributed by atoms with van der Waals surface area (Å²) in [5, 5.41) is 39.8. The summed E-state index contributed by atoms with van der Waals surface area (Å²) in [4.78, 5) is 0. The zero-order chi connectivity index (χ0) is 20.6. The van der Waals surface area contributed by atoms with Crippen molar-refractivity contribution in [2.45, 2.75) is 44.1 Å². The van der Waals surface area contributed by atoms with Crippen LogP contribution in [0.1, 0.15) is 12.5 Å². The number of halogens is 2. The molecule has 1 fully saturated rings. The molecule has 0 spiro atoms. The smallest absolute Gasteiger partial charge is 0.231 e. The highest BCUT2D eigenvalue weighted by atomic mass is 19.1. The molecule has 3 rings (SSSR count). The van der Waals surface area contributed by atoms with Crippen LogP contribution in [0, 0.1) is 18.6 Å². The van der Waals surface area contributed by atoms with Crippen molar-refractivity contribution < 1.29 is 38.7 Å². The molecule has 0 aliphatic carbocycles. The first-order valence-corrected chi connectivity index (χ1v) is 8.72. The SMILES string of the molecule is Cc1cc(-c2cc(F)cc(F)c2)ccc1O[C@H]1O[C@H](CO)[C@@H](O)[C@H](O)[C@]1(C)O. The molecular formula is C20H22F2O6. The number of aliphatic hydroxyl groups is 4. The molecule has 0 bridgehead atoms. The van der Waals surface area contributed by atoms with Gasteiger partial charge in [0.15, 0.2) is 5.60 Å². The predicted octanol–water partition coefficient (Wildman–Crippen LogP) is 1.51. The van der Waals surface area contributed by atoms with Crippen LogP contribution in [0.15, 0.2) is 36.4 Å². The maximum absolute atomic E-state index is 13.5. The first-order chi connectivity index (χ1) is 13.1. The van der Waals surface area contributed by atoms with E-state index in [-0.39, 0.29) is 0 Å². The second-order valence-electron chi connectivity index (χ2n) is 7.11. The normalized spacial score (nSPS) is 30.3. The largest absolute Gasteiger partial charge is 0.461 e. The second kappa shape index (κ2) is 7.73. The van der Waals surface area contributed by atoms with Crippen LogP contribution in [0.5, 0.6) is 5.75 Å².